The van der Waals surface area contributed by atoms with Crippen LogP contribution in [-0.2, 0) is 15.8 Å². The molecular formula is C25H43N5O2SSi. The van der Waals surface area contributed by atoms with Crippen molar-refractivity contribution in [1.29, 1.82) is 5.26 Å². The van der Waals surface area contributed by atoms with E-state index in [1.807, 2.05) is 27.7 Å². The average molecular weight is 506 g/mol. The van der Waals surface area contributed by atoms with E-state index in [1.165, 1.54) is 0 Å². The summed E-state index contributed by atoms with van der Waals surface area (Å²) < 4.78 is 23.2. The van der Waals surface area contributed by atoms with E-state index >= 15 is 0 Å². The Labute approximate surface area is 210 Å². The zero-order valence-corrected chi connectivity index (χ0v) is 24.3. The van der Waals surface area contributed by atoms with Crippen molar-refractivity contribution in [3.8, 4) is 6.07 Å². The number of nitriles is 1. The minimum atomic E-state index is -1.90. The van der Waals surface area contributed by atoms with Crippen LogP contribution in [0.25, 0.3) is 0 Å². The van der Waals surface area contributed by atoms with Gasteiger partial charge >= 0.3 is 0 Å². The number of piperidine rings is 1. The van der Waals surface area contributed by atoms with E-state index in [1.54, 1.807) is 6.07 Å². The molecule has 1 aliphatic carbocycles. The number of nitrogens with zero attached hydrogens (tertiary/aromatic N) is 4. The Morgan fingerprint density at radius 2 is 1.82 bits per heavy atom. The number of hydrogen-bond acceptors (Lipinski definition) is 7. The van der Waals surface area contributed by atoms with Gasteiger partial charge < -0.3 is 13.9 Å². The van der Waals surface area contributed by atoms with Gasteiger partial charge in [0.25, 0.3) is 0 Å². The third-order valence-electron chi connectivity index (χ3n) is 7.94. The van der Waals surface area contributed by atoms with Crippen LogP contribution in [0.2, 0.25) is 18.1 Å². The molecule has 1 saturated heterocycles. The Bertz CT molecular complexity index is 913. The van der Waals surface area contributed by atoms with Crippen molar-refractivity contribution in [3.05, 3.63) is 17.5 Å². The van der Waals surface area contributed by atoms with E-state index in [9.17, 15) is 9.81 Å². The molecule has 0 radical (unpaired) electrons. The molecule has 2 fully saturated rings. The average Bonchev–Trinajstić information content (AvgIpc) is 3.01. The summed E-state index contributed by atoms with van der Waals surface area (Å²) in [6, 6.07) is 4.01. The summed E-state index contributed by atoms with van der Waals surface area (Å²) in [6.45, 7) is 21.1. The van der Waals surface area contributed by atoms with E-state index in [-0.39, 0.29) is 27.3 Å². The fraction of sp³-hybridized carbons (Fsp3) is 0.800. The molecule has 7 nitrogen and oxygen atoms in total. The molecule has 2 aliphatic rings. The van der Waals surface area contributed by atoms with E-state index in [4.69, 9.17) is 4.43 Å². The summed E-state index contributed by atoms with van der Waals surface area (Å²) in [6.07, 6.45) is 3.99. The molecule has 190 valence electrons. The van der Waals surface area contributed by atoms with Crippen molar-refractivity contribution in [3.63, 3.8) is 0 Å². The minimum absolute atomic E-state index is 0.0341. The van der Waals surface area contributed by atoms with Crippen LogP contribution in [0.3, 0.4) is 0 Å². The van der Waals surface area contributed by atoms with Crippen molar-refractivity contribution >= 4 is 25.6 Å². The van der Waals surface area contributed by atoms with Crippen molar-refractivity contribution < 1.29 is 8.98 Å². The minimum Gasteiger partial charge on any atom is -0.598 e. The monoisotopic (exact) mass is 505 g/mol. The summed E-state index contributed by atoms with van der Waals surface area (Å²) in [4.78, 5) is 11.2. The molecule has 1 aromatic rings. The van der Waals surface area contributed by atoms with Gasteiger partial charge in [-0.15, -0.1) is 4.72 Å². The van der Waals surface area contributed by atoms with Gasteiger partial charge in [0, 0.05) is 36.2 Å². The summed E-state index contributed by atoms with van der Waals surface area (Å²) >= 11 is -1.13. The largest absolute Gasteiger partial charge is 0.598 e. The molecule has 3 rings (SSSR count). The Balaban J connectivity index is 1.80. The van der Waals surface area contributed by atoms with Crippen LogP contribution in [0.1, 0.15) is 78.6 Å². The van der Waals surface area contributed by atoms with Gasteiger partial charge in [0.05, 0.1) is 6.04 Å². The quantitative estimate of drug-likeness (QED) is 0.451. The Hall–Kier alpha value is -1.18. The highest BCUT2D eigenvalue weighted by Crippen LogP contribution is 2.50. The van der Waals surface area contributed by atoms with Gasteiger partial charge in [0.1, 0.15) is 16.5 Å². The Kier molecular flexibility index (Phi) is 7.82. The van der Waals surface area contributed by atoms with Crippen LogP contribution in [0.4, 0.5) is 5.95 Å². The SMILES string of the molecule is Cc1cc(C#N)nc(N2CCC3(CC2)C[C@@H](O[Si](C)(C)C(C)(C)C)C[C@H]3N[S+]([O-])C(C)(C)C)n1. The highest BCUT2D eigenvalue weighted by molar-refractivity contribution is 7.90. The van der Waals surface area contributed by atoms with Crippen LogP contribution in [0.15, 0.2) is 6.07 Å². The first-order chi connectivity index (χ1) is 15.6. The molecule has 1 unspecified atom stereocenters. The summed E-state index contributed by atoms with van der Waals surface area (Å²) in [5, 5.41) is 9.47. The summed E-state index contributed by atoms with van der Waals surface area (Å²) in [5.41, 5.74) is 1.25. The second-order valence-electron chi connectivity index (χ2n) is 12.6. The molecule has 34 heavy (non-hydrogen) atoms. The summed E-state index contributed by atoms with van der Waals surface area (Å²) in [5.74, 6) is 0.640. The second kappa shape index (κ2) is 9.70. The zero-order valence-electron chi connectivity index (χ0n) is 22.5. The van der Waals surface area contributed by atoms with E-state index in [0.29, 0.717) is 11.6 Å². The first-order valence-electron chi connectivity index (χ1n) is 12.4. The van der Waals surface area contributed by atoms with E-state index in [2.05, 4.69) is 59.5 Å². The van der Waals surface area contributed by atoms with Gasteiger partial charge in [-0.1, -0.05) is 20.8 Å². The number of anilines is 1. The summed E-state index contributed by atoms with van der Waals surface area (Å²) in [7, 11) is -1.90. The molecule has 1 saturated carbocycles. The molecule has 0 amide bonds. The fourth-order valence-electron chi connectivity index (χ4n) is 4.81. The zero-order chi connectivity index (χ0) is 25.5. The number of rotatable bonds is 5. The first-order valence-corrected chi connectivity index (χ1v) is 16.5. The molecule has 1 aliphatic heterocycles. The highest BCUT2D eigenvalue weighted by Gasteiger charge is 2.53. The molecule has 9 heteroatoms. The normalized spacial score (nSPS) is 24.3. The number of aryl methyl sites for hydroxylation is 1. The molecule has 1 spiro atoms. The number of nitrogens with one attached hydrogen (secondary N) is 1. The van der Waals surface area contributed by atoms with Gasteiger partial charge in [0.2, 0.25) is 5.95 Å². The molecule has 2 heterocycles. The van der Waals surface area contributed by atoms with Crippen LogP contribution in [0.5, 0.6) is 0 Å². The van der Waals surface area contributed by atoms with Crippen molar-refractivity contribution in [2.45, 2.75) is 109 Å². The maximum absolute atomic E-state index is 13.1. The topological polar surface area (TPSA) is 97.1 Å². The van der Waals surface area contributed by atoms with Gasteiger partial charge in [-0.3, -0.25) is 0 Å². The van der Waals surface area contributed by atoms with E-state index in [0.717, 1.165) is 44.5 Å². The van der Waals surface area contributed by atoms with Crippen LogP contribution < -0.4 is 9.62 Å². The molecule has 1 N–H and O–H groups in total. The second-order valence-corrected chi connectivity index (χ2v) is 19.4. The standard InChI is InChI=1S/C25H43N5O2SSi/c1-18-14-19(17-26)28-22(27-18)30-12-10-25(11-13-30)16-20(32-34(8,9)24(5,6)7)15-21(25)29-33(31)23(2,3)4/h14,20-21,29H,10-13,15-16H2,1-9H3/t20-,21+,33?/m0/s1. The lowest BCUT2D eigenvalue weighted by Crippen LogP contribution is -2.53. The third kappa shape index (κ3) is 5.96. The van der Waals surface area contributed by atoms with Gasteiger partial charge in [-0.2, -0.15) is 5.26 Å². The Morgan fingerprint density at radius 3 is 2.35 bits per heavy atom. The van der Waals surface area contributed by atoms with Gasteiger partial charge in [0.15, 0.2) is 8.32 Å². The highest BCUT2D eigenvalue weighted by atomic mass is 32.2. The first kappa shape index (κ1) is 27.4. The molecule has 0 bridgehead atoms. The lowest BCUT2D eigenvalue weighted by atomic mass is 9.74. The van der Waals surface area contributed by atoms with Crippen molar-refractivity contribution in [1.82, 2.24) is 14.7 Å². The molecule has 0 aromatic carbocycles. The lowest BCUT2D eigenvalue weighted by molar-refractivity contribution is 0.143. The third-order valence-corrected chi connectivity index (χ3v) is 14.1. The fourth-order valence-corrected chi connectivity index (χ4v) is 7.14. The predicted octanol–water partition coefficient (Wildman–Crippen LogP) is 4.85. The molecule has 3 atom stereocenters. The van der Waals surface area contributed by atoms with Crippen LogP contribution >= 0.6 is 0 Å². The van der Waals surface area contributed by atoms with Gasteiger partial charge in [-0.05, 0) is 83.0 Å². The van der Waals surface area contributed by atoms with E-state index < -0.39 is 19.7 Å². The molecular weight excluding hydrogens is 462 g/mol. The van der Waals surface area contributed by atoms with Crippen LogP contribution in [0, 0.1) is 23.7 Å². The maximum Gasteiger partial charge on any atom is 0.226 e. The van der Waals surface area contributed by atoms with Crippen molar-refractivity contribution in [2.24, 2.45) is 5.41 Å². The maximum atomic E-state index is 13.1. The van der Waals surface area contributed by atoms with Gasteiger partial charge in [-0.25, -0.2) is 9.97 Å². The number of aromatic nitrogens is 2. The smallest absolute Gasteiger partial charge is 0.226 e. The van der Waals surface area contributed by atoms with Crippen LogP contribution in [-0.4, -0.2) is 52.8 Å². The lowest BCUT2D eigenvalue weighted by Gasteiger charge is -2.44. The Morgan fingerprint density at radius 1 is 1.21 bits per heavy atom. The predicted molar refractivity (Wildman–Crippen MR) is 141 cm³/mol. The molecule has 1 aromatic heterocycles. The number of hydrogen-bond donors (Lipinski definition) is 1. The van der Waals surface area contributed by atoms with Crippen molar-refractivity contribution in [2.75, 3.05) is 18.0 Å².